The minimum atomic E-state index is -2.13. The van der Waals surface area contributed by atoms with Crippen molar-refractivity contribution in [2.24, 2.45) is 0 Å². The number of aromatic nitrogens is 1. The van der Waals surface area contributed by atoms with Crippen molar-refractivity contribution >= 4 is 20.1 Å². The molecule has 1 aromatic carbocycles. The van der Waals surface area contributed by atoms with E-state index >= 15 is 0 Å². The monoisotopic (exact) mass is 431 g/mol. The molecule has 0 bridgehead atoms. The molecule has 164 valence electrons. The van der Waals surface area contributed by atoms with Crippen LogP contribution in [-0.2, 0) is 4.43 Å². The van der Waals surface area contributed by atoms with Crippen LogP contribution in [0.25, 0.3) is 0 Å². The highest BCUT2D eigenvalue weighted by Crippen LogP contribution is 2.39. The molecular formula is C22H33N3O4Si. The van der Waals surface area contributed by atoms with E-state index < -0.39 is 20.5 Å². The van der Waals surface area contributed by atoms with Crippen LogP contribution in [0, 0.1) is 0 Å². The van der Waals surface area contributed by atoms with Crippen LogP contribution in [0.4, 0.5) is 10.5 Å². The summed E-state index contributed by atoms with van der Waals surface area (Å²) in [6.07, 6.45) is 2.03. The zero-order valence-electron chi connectivity index (χ0n) is 18.5. The number of carbonyl (C=O) groups is 1. The van der Waals surface area contributed by atoms with Crippen LogP contribution in [0.15, 0.2) is 48.8 Å². The molecule has 1 heterocycles. The maximum absolute atomic E-state index is 11.9. The molecule has 1 aromatic heterocycles. The Labute approximate surface area is 180 Å². The predicted octanol–water partition coefficient (Wildman–Crippen LogP) is 4.79. The number of hydrogen-bond acceptors (Lipinski definition) is 5. The molecule has 2 rings (SSSR count). The lowest BCUT2D eigenvalue weighted by atomic mass is 10.1. The molecule has 1 unspecified atom stereocenters. The van der Waals surface area contributed by atoms with Crippen molar-refractivity contribution in [2.75, 3.05) is 25.4 Å². The normalized spacial score (nSPS) is 13.0. The summed E-state index contributed by atoms with van der Waals surface area (Å²) in [6.45, 7) is 11.5. The number of hydrogen-bond donors (Lipinski definition) is 2. The fraction of sp³-hybridized carbons (Fsp3) is 0.455. The first-order valence-corrected chi connectivity index (χ1v) is 12.9. The molecule has 0 aliphatic carbocycles. The van der Waals surface area contributed by atoms with Gasteiger partial charge in [-0.1, -0.05) is 26.8 Å². The van der Waals surface area contributed by atoms with Crippen LogP contribution in [0.1, 0.15) is 32.4 Å². The Balaban J connectivity index is 2.11. The molecule has 0 fully saturated rings. The van der Waals surface area contributed by atoms with E-state index in [2.05, 4.69) is 38.8 Å². The van der Waals surface area contributed by atoms with Crippen molar-refractivity contribution in [3.05, 3.63) is 54.4 Å². The van der Waals surface area contributed by atoms with E-state index in [-0.39, 0.29) is 24.7 Å². The molecule has 3 N–H and O–H groups in total. The van der Waals surface area contributed by atoms with Crippen LogP contribution in [0.5, 0.6) is 5.75 Å². The van der Waals surface area contributed by atoms with Crippen LogP contribution >= 0.6 is 0 Å². The maximum atomic E-state index is 11.9. The highest BCUT2D eigenvalue weighted by atomic mass is 28.4. The maximum Gasteiger partial charge on any atom is 0.407 e. The Morgan fingerprint density at radius 1 is 1.23 bits per heavy atom. The first-order valence-electron chi connectivity index (χ1n) is 10.0. The fourth-order valence-electron chi connectivity index (χ4n) is 2.61. The number of anilines is 1. The number of rotatable bonds is 9. The summed E-state index contributed by atoms with van der Waals surface area (Å²) in [5, 5.41) is 9.75. The summed E-state index contributed by atoms with van der Waals surface area (Å²) >= 11 is 0. The van der Waals surface area contributed by atoms with Gasteiger partial charge >= 0.3 is 6.09 Å². The summed E-state index contributed by atoms with van der Waals surface area (Å²) in [4.78, 5) is 17.4. The number of nitrogen functional groups attached to an aromatic ring is 1. The third-order valence-corrected chi connectivity index (χ3v) is 9.95. The van der Waals surface area contributed by atoms with Crippen molar-refractivity contribution < 1.29 is 19.1 Å². The van der Waals surface area contributed by atoms with Crippen molar-refractivity contribution in [2.45, 2.75) is 45.0 Å². The van der Waals surface area contributed by atoms with E-state index in [1.807, 2.05) is 12.1 Å². The second-order valence-electron chi connectivity index (χ2n) is 8.80. The summed E-state index contributed by atoms with van der Waals surface area (Å²) in [6, 6.07) is 10.8. The SMILES string of the molecule is CC(C)(C)[Si](C)(C)OC(CN(CCOc1ccc(N)cc1)C(=O)O)c1cccnc1. The van der Waals surface area contributed by atoms with Gasteiger partial charge in [0.25, 0.3) is 0 Å². The van der Waals surface area contributed by atoms with Crippen molar-refractivity contribution in [3.8, 4) is 5.75 Å². The molecular weight excluding hydrogens is 398 g/mol. The van der Waals surface area contributed by atoms with Gasteiger partial charge < -0.3 is 24.9 Å². The quantitative estimate of drug-likeness (QED) is 0.438. The molecule has 7 nitrogen and oxygen atoms in total. The lowest BCUT2D eigenvalue weighted by Crippen LogP contribution is -2.45. The van der Waals surface area contributed by atoms with Gasteiger partial charge in [-0.15, -0.1) is 0 Å². The van der Waals surface area contributed by atoms with Gasteiger partial charge in [0.2, 0.25) is 0 Å². The molecule has 0 saturated carbocycles. The van der Waals surface area contributed by atoms with Gasteiger partial charge in [0.05, 0.1) is 19.2 Å². The van der Waals surface area contributed by atoms with Crippen LogP contribution in [-0.4, -0.2) is 49.1 Å². The molecule has 30 heavy (non-hydrogen) atoms. The van der Waals surface area contributed by atoms with Gasteiger partial charge in [-0.25, -0.2) is 4.79 Å². The zero-order chi connectivity index (χ0) is 22.4. The number of benzene rings is 1. The van der Waals surface area contributed by atoms with Gasteiger partial charge in [-0.3, -0.25) is 4.98 Å². The van der Waals surface area contributed by atoms with E-state index in [1.54, 1.807) is 36.7 Å². The Bertz CT molecular complexity index is 807. The second kappa shape index (κ2) is 9.95. The Kier molecular flexibility index (Phi) is 7.86. The Morgan fingerprint density at radius 3 is 2.43 bits per heavy atom. The number of nitrogens with zero attached hydrogens (tertiary/aromatic N) is 2. The third-order valence-electron chi connectivity index (χ3n) is 5.47. The molecule has 1 amide bonds. The molecule has 0 saturated heterocycles. The highest BCUT2D eigenvalue weighted by Gasteiger charge is 2.40. The topological polar surface area (TPSA) is 97.9 Å². The number of pyridine rings is 1. The lowest BCUT2D eigenvalue weighted by Gasteiger charge is -2.40. The van der Waals surface area contributed by atoms with Gasteiger partial charge in [-0.2, -0.15) is 0 Å². The molecule has 0 aliphatic rings. The van der Waals surface area contributed by atoms with Crippen molar-refractivity contribution in [3.63, 3.8) is 0 Å². The summed E-state index contributed by atoms with van der Waals surface area (Å²) in [5.74, 6) is 0.649. The number of carboxylic acid groups (broad SMARTS) is 1. The van der Waals surface area contributed by atoms with Crippen molar-refractivity contribution in [1.82, 2.24) is 9.88 Å². The van der Waals surface area contributed by atoms with Gasteiger partial charge in [-0.05, 0) is 54.0 Å². The van der Waals surface area contributed by atoms with Crippen LogP contribution in [0.3, 0.4) is 0 Å². The van der Waals surface area contributed by atoms with E-state index in [9.17, 15) is 9.90 Å². The minimum absolute atomic E-state index is 0.000220. The van der Waals surface area contributed by atoms with Gasteiger partial charge in [0.15, 0.2) is 8.32 Å². The number of ether oxygens (including phenoxy) is 1. The Hall–Kier alpha value is -2.58. The average Bonchev–Trinajstić information content (AvgIpc) is 2.67. The van der Waals surface area contributed by atoms with Crippen molar-refractivity contribution in [1.29, 1.82) is 0 Å². The first-order chi connectivity index (χ1) is 14.0. The average molecular weight is 432 g/mol. The van der Waals surface area contributed by atoms with Crippen LogP contribution in [0.2, 0.25) is 18.1 Å². The lowest BCUT2D eigenvalue weighted by molar-refractivity contribution is 0.0935. The van der Waals surface area contributed by atoms with Gasteiger partial charge in [0, 0.05) is 18.1 Å². The Morgan fingerprint density at radius 2 is 1.90 bits per heavy atom. The largest absolute Gasteiger partial charge is 0.492 e. The zero-order valence-corrected chi connectivity index (χ0v) is 19.5. The summed E-state index contributed by atoms with van der Waals surface area (Å²) in [5.41, 5.74) is 7.20. The van der Waals surface area contributed by atoms with Crippen LogP contribution < -0.4 is 10.5 Å². The molecule has 0 aliphatic heterocycles. The molecule has 0 spiro atoms. The van der Waals surface area contributed by atoms with E-state index in [0.29, 0.717) is 11.4 Å². The fourth-order valence-corrected chi connectivity index (χ4v) is 3.89. The molecule has 8 heteroatoms. The molecule has 1 atom stereocenters. The predicted molar refractivity (Wildman–Crippen MR) is 121 cm³/mol. The smallest absolute Gasteiger partial charge is 0.407 e. The second-order valence-corrected chi connectivity index (χ2v) is 13.6. The molecule has 0 radical (unpaired) electrons. The summed E-state index contributed by atoms with van der Waals surface area (Å²) in [7, 11) is -2.13. The first kappa shape index (κ1) is 23.7. The highest BCUT2D eigenvalue weighted by molar-refractivity contribution is 6.74. The number of amides is 1. The number of nitrogens with two attached hydrogens (primary N) is 1. The molecule has 2 aromatic rings. The van der Waals surface area contributed by atoms with E-state index in [1.165, 1.54) is 4.90 Å². The van der Waals surface area contributed by atoms with E-state index in [4.69, 9.17) is 14.9 Å². The van der Waals surface area contributed by atoms with E-state index in [0.717, 1.165) is 5.56 Å². The minimum Gasteiger partial charge on any atom is -0.492 e. The third kappa shape index (κ3) is 6.74. The van der Waals surface area contributed by atoms with Gasteiger partial charge in [0.1, 0.15) is 12.4 Å². The standard InChI is InChI=1S/C22H33N3O4Si/c1-22(2,3)30(4,5)29-20(17-7-6-12-24-15-17)16-25(21(26)27)13-14-28-19-10-8-18(23)9-11-19/h6-12,15,20H,13-14,16,23H2,1-5H3,(H,26,27). The summed E-state index contributed by atoms with van der Waals surface area (Å²) < 4.78 is 12.3.